The first-order valence-electron chi connectivity index (χ1n) is 7.68. The van der Waals surface area contributed by atoms with Gasteiger partial charge in [-0.15, -0.1) is 15.3 Å². The second kappa shape index (κ2) is 6.94. The highest BCUT2D eigenvalue weighted by Crippen LogP contribution is 2.24. The first-order chi connectivity index (χ1) is 13.1. The van der Waals surface area contributed by atoms with E-state index in [0.717, 1.165) is 6.07 Å². The van der Waals surface area contributed by atoms with Crippen molar-refractivity contribution in [2.45, 2.75) is 13.0 Å². The molecule has 0 saturated carbocycles. The maximum absolute atomic E-state index is 14.3. The van der Waals surface area contributed by atoms with Gasteiger partial charge in [-0.05, 0) is 18.2 Å². The molecule has 27 heavy (non-hydrogen) atoms. The van der Waals surface area contributed by atoms with Gasteiger partial charge in [0.2, 0.25) is 5.89 Å². The van der Waals surface area contributed by atoms with E-state index in [2.05, 4.69) is 30.5 Å². The molecule has 0 N–H and O–H groups in total. The molecule has 8 nitrogen and oxygen atoms in total. The molecule has 0 spiro atoms. The van der Waals surface area contributed by atoms with Gasteiger partial charge in [0.05, 0.1) is 29.7 Å². The van der Waals surface area contributed by atoms with E-state index in [1.807, 2.05) is 6.07 Å². The van der Waals surface area contributed by atoms with Crippen molar-refractivity contribution in [3.63, 3.8) is 0 Å². The van der Waals surface area contributed by atoms with Crippen LogP contribution in [0, 0.1) is 5.82 Å². The maximum Gasteiger partial charge on any atom is 0.314 e. The molecule has 4 aromatic rings. The van der Waals surface area contributed by atoms with Crippen molar-refractivity contribution in [2.75, 3.05) is 0 Å². The summed E-state index contributed by atoms with van der Waals surface area (Å²) in [4.78, 5) is 8.16. The molecule has 0 aliphatic carbocycles. The average molecular weight is 373 g/mol. The summed E-state index contributed by atoms with van der Waals surface area (Å²) in [7, 11) is 0. The topological polar surface area (TPSA) is 95.4 Å². The fraction of sp³-hybridized carbons (Fsp3) is 0.125. The Bertz CT molecular complexity index is 1060. The Morgan fingerprint density at radius 2 is 1.96 bits per heavy atom. The van der Waals surface area contributed by atoms with Gasteiger partial charge in [0.25, 0.3) is 5.89 Å². The molecule has 4 heterocycles. The summed E-state index contributed by atoms with van der Waals surface area (Å²) < 4.78 is 45.5. The summed E-state index contributed by atoms with van der Waals surface area (Å²) >= 11 is 0. The smallest absolute Gasteiger partial charge is 0.314 e. The third-order valence-corrected chi connectivity index (χ3v) is 3.57. The van der Waals surface area contributed by atoms with Crippen molar-refractivity contribution in [1.29, 1.82) is 0 Å². The lowest BCUT2D eigenvalue weighted by atomic mass is 10.2. The van der Waals surface area contributed by atoms with E-state index in [9.17, 15) is 13.2 Å². The van der Waals surface area contributed by atoms with Crippen LogP contribution in [0.3, 0.4) is 0 Å². The summed E-state index contributed by atoms with van der Waals surface area (Å²) in [5.41, 5.74) is 1.37. The summed E-state index contributed by atoms with van der Waals surface area (Å²) in [5.74, 6) is -1.74. The zero-order chi connectivity index (χ0) is 18.8. The second-order valence-corrected chi connectivity index (χ2v) is 5.41. The van der Waals surface area contributed by atoms with Crippen LogP contribution in [0.15, 0.2) is 47.3 Å². The number of aromatic nitrogens is 7. The van der Waals surface area contributed by atoms with E-state index in [-0.39, 0.29) is 23.7 Å². The van der Waals surface area contributed by atoms with Crippen LogP contribution in [-0.4, -0.2) is 35.2 Å². The Balaban J connectivity index is 1.54. The molecule has 0 saturated heterocycles. The molecular weight excluding hydrogens is 363 g/mol. The summed E-state index contributed by atoms with van der Waals surface area (Å²) in [5, 5.41) is 14.6. The minimum Gasteiger partial charge on any atom is -0.415 e. The zero-order valence-corrected chi connectivity index (χ0v) is 13.5. The number of halogens is 3. The highest BCUT2D eigenvalue weighted by Gasteiger charge is 2.18. The van der Waals surface area contributed by atoms with Crippen molar-refractivity contribution in [3.05, 3.63) is 60.3 Å². The minimum absolute atomic E-state index is 0.0259. The van der Waals surface area contributed by atoms with Crippen LogP contribution >= 0.6 is 0 Å². The van der Waals surface area contributed by atoms with E-state index in [4.69, 9.17) is 4.42 Å². The van der Waals surface area contributed by atoms with Gasteiger partial charge in [-0.1, -0.05) is 11.3 Å². The van der Waals surface area contributed by atoms with E-state index in [1.54, 1.807) is 24.5 Å². The number of alkyl halides is 2. The number of hydrogen-bond donors (Lipinski definition) is 0. The highest BCUT2D eigenvalue weighted by molar-refractivity contribution is 5.52. The van der Waals surface area contributed by atoms with Gasteiger partial charge in [-0.25, -0.2) is 9.07 Å². The second-order valence-electron chi connectivity index (χ2n) is 5.41. The van der Waals surface area contributed by atoms with Gasteiger partial charge in [0.1, 0.15) is 11.5 Å². The summed E-state index contributed by atoms with van der Waals surface area (Å²) in [6, 6.07) is 6.46. The fourth-order valence-electron chi connectivity index (χ4n) is 2.30. The molecule has 0 atom stereocenters. The Hall–Kier alpha value is -3.63. The molecule has 0 unspecified atom stereocenters. The molecule has 0 fully saturated rings. The van der Waals surface area contributed by atoms with Crippen molar-refractivity contribution in [2.24, 2.45) is 0 Å². The van der Waals surface area contributed by atoms with Gasteiger partial charge in [-0.2, -0.15) is 8.78 Å². The molecule has 0 radical (unpaired) electrons. The Morgan fingerprint density at radius 1 is 1.07 bits per heavy atom. The monoisotopic (exact) mass is 373 g/mol. The SMILES string of the molecule is Fc1cc(-c2nnc(C(F)F)o2)cnc1Cn1cc(-c2ccccn2)nn1. The van der Waals surface area contributed by atoms with Crippen molar-refractivity contribution < 1.29 is 17.6 Å². The number of nitrogens with zero attached hydrogens (tertiary/aromatic N) is 7. The van der Waals surface area contributed by atoms with Gasteiger partial charge in [-0.3, -0.25) is 9.97 Å². The van der Waals surface area contributed by atoms with E-state index in [0.29, 0.717) is 11.4 Å². The first kappa shape index (κ1) is 16.8. The first-order valence-corrected chi connectivity index (χ1v) is 7.68. The average Bonchev–Trinajstić information content (AvgIpc) is 3.34. The van der Waals surface area contributed by atoms with Gasteiger partial charge in [0, 0.05) is 12.4 Å². The molecule has 136 valence electrons. The van der Waals surface area contributed by atoms with Crippen LogP contribution in [-0.2, 0) is 6.54 Å². The lowest BCUT2D eigenvalue weighted by Crippen LogP contribution is -2.05. The third-order valence-electron chi connectivity index (χ3n) is 3.57. The van der Waals surface area contributed by atoms with E-state index in [1.165, 1.54) is 10.9 Å². The van der Waals surface area contributed by atoms with Crippen LogP contribution in [0.2, 0.25) is 0 Å². The minimum atomic E-state index is -2.90. The lowest BCUT2D eigenvalue weighted by Gasteiger charge is -2.03. The largest absolute Gasteiger partial charge is 0.415 e. The molecule has 0 bridgehead atoms. The fourth-order valence-corrected chi connectivity index (χ4v) is 2.30. The molecule has 0 amide bonds. The van der Waals surface area contributed by atoms with Gasteiger partial charge in [0.15, 0.2) is 0 Å². The van der Waals surface area contributed by atoms with Crippen molar-refractivity contribution >= 4 is 0 Å². The Labute approximate surface area is 149 Å². The van der Waals surface area contributed by atoms with Crippen LogP contribution in [0.1, 0.15) is 18.0 Å². The summed E-state index contributed by atoms with van der Waals surface area (Å²) in [6.07, 6.45) is 1.61. The molecular formula is C16H10F3N7O. The zero-order valence-electron chi connectivity index (χ0n) is 13.5. The van der Waals surface area contributed by atoms with E-state index < -0.39 is 18.1 Å². The Kier molecular flexibility index (Phi) is 4.32. The summed E-state index contributed by atoms with van der Waals surface area (Å²) in [6.45, 7) is 0.0259. The molecule has 11 heteroatoms. The standard InChI is InChI=1S/C16H10F3N7O/c17-10-5-9(15-23-24-16(27-15)14(18)19)6-21-12(10)7-26-8-13(22-25-26)11-3-1-2-4-20-11/h1-6,8,14H,7H2. The lowest BCUT2D eigenvalue weighted by molar-refractivity contribution is 0.116. The number of hydrogen-bond acceptors (Lipinski definition) is 7. The molecule has 4 rings (SSSR count). The van der Waals surface area contributed by atoms with Crippen LogP contribution in [0.25, 0.3) is 22.8 Å². The van der Waals surface area contributed by atoms with Crippen LogP contribution in [0.4, 0.5) is 13.2 Å². The van der Waals surface area contributed by atoms with Gasteiger partial charge >= 0.3 is 6.43 Å². The predicted octanol–water partition coefficient (Wildman–Crippen LogP) is 2.91. The van der Waals surface area contributed by atoms with Crippen LogP contribution in [0.5, 0.6) is 0 Å². The Morgan fingerprint density at radius 3 is 2.67 bits per heavy atom. The highest BCUT2D eigenvalue weighted by atomic mass is 19.3. The van der Waals surface area contributed by atoms with Crippen molar-refractivity contribution in [3.8, 4) is 22.8 Å². The van der Waals surface area contributed by atoms with Gasteiger partial charge < -0.3 is 4.42 Å². The number of rotatable bonds is 5. The molecule has 4 aromatic heterocycles. The van der Waals surface area contributed by atoms with Crippen molar-refractivity contribution in [1.82, 2.24) is 35.2 Å². The molecule has 0 aromatic carbocycles. The normalized spacial score (nSPS) is 11.3. The third kappa shape index (κ3) is 3.52. The quantitative estimate of drug-likeness (QED) is 0.531. The molecule has 0 aliphatic heterocycles. The number of pyridine rings is 2. The maximum atomic E-state index is 14.3. The van der Waals surface area contributed by atoms with Crippen LogP contribution < -0.4 is 0 Å². The van der Waals surface area contributed by atoms with E-state index >= 15 is 0 Å². The molecule has 0 aliphatic rings. The predicted molar refractivity (Wildman–Crippen MR) is 84.8 cm³/mol.